The van der Waals surface area contributed by atoms with E-state index in [-0.39, 0.29) is 11.8 Å². The van der Waals surface area contributed by atoms with Crippen LogP contribution in [0.2, 0.25) is 0 Å². The van der Waals surface area contributed by atoms with E-state index in [4.69, 9.17) is 0 Å². The molecule has 0 bridgehead atoms. The van der Waals surface area contributed by atoms with Gasteiger partial charge in [0.1, 0.15) is 5.82 Å². The number of carbonyl (C=O) groups is 1. The van der Waals surface area contributed by atoms with Gasteiger partial charge < -0.3 is 15.5 Å². The lowest BCUT2D eigenvalue weighted by Crippen LogP contribution is -2.48. The number of amides is 2. The van der Waals surface area contributed by atoms with Gasteiger partial charge in [0.15, 0.2) is 0 Å². The fraction of sp³-hybridized carbons (Fsp3) is 0.667. The van der Waals surface area contributed by atoms with Crippen molar-refractivity contribution in [2.24, 2.45) is 11.8 Å². The standard InChI is InChI=1S/C21H33FN4O/c1-16-4-3-10-25(14-16)17(2)12-23-21(27)24-13-18-9-11-26(15-18)20-7-5-19(22)6-8-20/h5-8,16-18H,3-4,9-15H2,1-2H3,(H2,23,24,27). The number of benzene rings is 1. The lowest BCUT2D eigenvalue weighted by atomic mass is 9.99. The number of hydrogen-bond acceptors (Lipinski definition) is 3. The molecule has 1 aromatic carbocycles. The topological polar surface area (TPSA) is 47.6 Å². The van der Waals surface area contributed by atoms with Crippen LogP contribution in [0, 0.1) is 17.7 Å². The summed E-state index contributed by atoms with van der Waals surface area (Å²) in [6.45, 7) is 9.97. The summed E-state index contributed by atoms with van der Waals surface area (Å²) in [5.74, 6) is 0.976. The Morgan fingerprint density at radius 3 is 2.70 bits per heavy atom. The highest BCUT2D eigenvalue weighted by molar-refractivity contribution is 5.73. The summed E-state index contributed by atoms with van der Waals surface area (Å²) >= 11 is 0. The van der Waals surface area contributed by atoms with Gasteiger partial charge in [0.25, 0.3) is 0 Å². The number of piperidine rings is 1. The minimum Gasteiger partial charge on any atom is -0.371 e. The largest absolute Gasteiger partial charge is 0.371 e. The maximum absolute atomic E-state index is 13.1. The van der Waals surface area contributed by atoms with Gasteiger partial charge in [-0.05, 0) is 68.8 Å². The van der Waals surface area contributed by atoms with Crippen LogP contribution in [0.5, 0.6) is 0 Å². The maximum Gasteiger partial charge on any atom is 0.314 e. The molecule has 2 aliphatic rings. The van der Waals surface area contributed by atoms with Crippen LogP contribution in [-0.2, 0) is 0 Å². The third-order valence-corrected chi connectivity index (χ3v) is 5.90. The highest BCUT2D eigenvalue weighted by atomic mass is 19.1. The summed E-state index contributed by atoms with van der Waals surface area (Å²) in [6.07, 6.45) is 3.61. The second-order valence-electron chi connectivity index (χ2n) is 8.26. The van der Waals surface area contributed by atoms with Gasteiger partial charge in [-0.2, -0.15) is 0 Å². The van der Waals surface area contributed by atoms with E-state index in [1.807, 2.05) is 12.1 Å². The summed E-state index contributed by atoms with van der Waals surface area (Å²) in [5, 5.41) is 6.04. The Morgan fingerprint density at radius 2 is 1.96 bits per heavy atom. The fourth-order valence-electron chi connectivity index (χ4n) is 4.18. The van der Waals surface area contributed by atoms with E-state index in [0.29, 0.717) is 25.0 Å². The molecule has 0 saturated carbocycles. The molecule has 2 saturated heterocycles. The van der Waals surface area contributed by atoms with Crippen LogP contribution < -0.4 is 15.5 Å². The van der Waals surface area contributed by atoms with Gasteiger partial charge in [0, 0.05) is 44.5 Å². The highest BCUT2D eigenvalue weighted by Gasteiger charge is 2.24. The number of nitrogens with one attached hydrogen (secondary N) is 2. The lowest BCUT2D eigenvalue weighted by molar-refractivity contribution is 0.137. The van der Waals surface area contributed by atoms with E-state index in [2.05, 4.69) is 34.3 Å². The number of carbonyl (C=O) groups excluding carboxylic acids is 1. The number of rotatable bonds is 6. The third kappa shape index (κ3) is 5.83. The second kappa shape index (κ2) is 9.40. The van der Waals surface area contributed by atoms with E-state index >= 15 is 0 Å². The molecule has 0 aromatic heterocycles. The first-order valence-electron chi connectivity index (χ1n) is 10.3. The smallest absolute Gasteiger partial charge is 0.314 e. The Bertz CT molecular complexity index is 609. The van der Waals surface area contributed by atoms with Gasteiger partial charge in [-0.25, -0.2) is 9.18 Å². The second-order valence-corrected chi connectivity index (χ2v) is 8.26. The predicted octanol–water partition coefficient (Wildman–Crippen LogP) is 3.07. The molecule has 0 radical (unpaired) electrons. The summed E-state index contributed by atoms with van der Waals surface area (Å²) in [4.78, 5) is 16.9. The number of nitrogens with zero attached hydrogens (tertiary/aromatic N) is 2. The summed E-state index contributed by atoms with van der Waals surface area (Å²) in [6, 6.07) is 6.93. The monoisotopic (exact) mass is 376 g/mol. The number of hydrogen-bond donors (Lipinski definition) is 2. The van der Waals surface area contributed by atoms with Crippen LogP contribution >= 0.6 is 0 Å². The SMILES string of the molecule is CC1CCCN(C(C)CNC(=O)NCC2CCN(c3ccc(F)cc3)C2)C1. The van der Waals surface area contributed by atoms with Crippen LogP contribution in [0.15, 0.2) is 24.3 Å². The first-order valence-corrected chi connectivity index (χ1v) is 10.3. The lowest BCUT2D eigenvalue weighted by Gasteiger charge is -2.35. The van der Waals surface area contributed by atoms with Crippen molar-refractivity contribution in [3.05, 3.63) is 30.1 Å². The first-order chi connectivity index (χ1) is 13.0. The van der Waals surface area contributed by atoms with Gasteiger partial charge in [-0.1, -0.05) is 6.92 Å². The number of anilines is 1. The average Bonchev–Trinajstić information content (AvgIpc) is 3.14. The van der Waals surface area contributed by atoms with Crippen LogP contribution in [0.3, 0.4) is 0 Å². The van der Waals surface area contributed by atoms with Crippen molar-refractivity contribution in [1.29, 1.82) is 0 Å². The molecule has 1 aromatic rings. The number of urea groups is 1. The van der Waals surface area contributed by atoms with Crippen molar-refractivity contribution in [2.45, 2.75) is 39.2 Å². The highest BCUT2D eigenvalue weighted by Crippen LogP contribution is 2.23. The van der Waals surface area contributed by atoms with Crippen molar-refractivity contribution in [3.8, 4) is 0 Å². The number of halogens is 1. The molecule has 2 amide bonds. The zero-order chi connectivity index (χ0) is 19.2. The molecule has 0 aliphatic carbocycles. The van der Waals surface area contributed by atoms with Crippen LogP contribution in [-0.4, -0.2) is 56.2 Å². The molecule has 3 rings (SSSR count). The van der Waals surface area contributed by atoms with E-state index in [0.717, 1.165) is 44.2 Å². The van der Waals surface area contributed by atoms with Crippen LogP contribution in [0.1, 0.15) is 33.1 Å². The molecule has 5 nitrogen and oxygen atoms in total. The molecular weight excluding hydrogens is 343 g/mol. The maximum atomic E-state index is 13.1. The zero-order valence-corrected chi connectivity index (χ0v) is 16.6. The van der Waals surface area contributed by atoms with Crippen molar-refractivity contribution in [1.82, 2.24) is 15.5 Å². The molecule has 2 heterocycles. The summed E-state index contributed by atoms with van der Waals surface area (Å²) in [5.41, 5.74) is 1.05. The normalized spacial score (nSPS) is 24.6. The van der Waals surface area contributed by atoms with Crippen molar-refractivity contribution >= 4 is 11.7 Å². The predicted molar refractivity (Wildman–Crippen MR) is 108 cm³/mol. The summed E-state index contributed by atoms with van der Waals surface area (Å²) in [7, 11) is 0. The fourth-order valence-corrected chi connectivity index (χ4v) is 4.18. The Hall–Kier alpha value is -1.82. The van der Waals surface area contributed by atoms with Crippen molar-refractivity contribution < 1.29 is 9.18 Å². The molecule has 2 fully saturated rings. The Balaban J connectivity index is 1.34. The molecule has 2 N–H and O–H groups in total. The van der Waals surface area contributed by atoms with E-state index < -0.39 is 0 Å². The van der Waals surface area contributed by atoms with E-state index in [1.165, 1.54) is 25.0 Å². The minimum atomic E-state index is -0.207. The van der Waals surface area contributed by atoms with Gasteiger partial charge in [-0.15, -0.1) is 0 Å². The van der Waals surface area contributed by atoms with Crippen LogP contribution in [0.4, 0.5) is 14.9 Å². The minimum absolute atomic E-state index is 0.0767. The first kappa shape index (κ1) is 19.9. The van der Waals surface area contributed by atoms with Crippen LogP contribution in [0.25, 0.3) is 0 Å². The zero-order valence-electron chi connectivity index (χ0n) is 16.6. The van der Waals surface area contributed by atoms with Crippen molar-refractivity contribution in [3.63, 3.8) is 0 Å². The molecule has 27 heavy (non-hydrogen) atoms. The van der Waals surface area contributed by atoms with Gasteiger partial charge in [0.2, 0.25) is 0 Å². The van der Waals surface area contributed by atoms with Gasteiger partial charge >= 0.3 is 6.03 Å². The van der Waals surface area contributed by atoms with E-state index in [1.54, 1.807) is 0 Å². The average molecular weight is 377 g/mol. The van der Waals surface area contributed by atoms with Crippen molar-refractivity contribution in [2.75, 3.05) is 44.2 Å². The molecule has 6 heteroatoms. The Kier molecular flexibility index (Phi) is 6.94. The molecule has 150 valence electrons. The summed E-state index contributed by atoms with van der Waals surface area (Å²) < 4.78 is 13.1. The molecule has 3 unspecified atom stereocenters. The Morgan fingerprint density at radius 1 is 1.19 bits per heavy atom. The molecular formula is C21H33FN4O. The van der Waals surface area contributed by atoms with Gasteiger partial charge in [-0.3, -0.25) is 4.90 Å². The molecule has 3 atom stereocenters. The Labute approximate surface area is 162 Å². The third-order valence-electron chi connectivity index (χ3n) is 5.90. The van der Waals surface area contributed by atoms with Gasteiger partial charge in [0.05, 0.1) is 0 Å². The van der Waals surface area contributed by atoms with E-state index in [9.17, 15) is 9.18 Å². The molecule has 0 spiro atoms. The number of likely N-dealkylation sites (tertiary alicyclic amines) is 1. The quantitative estimate of drug-likeness (QED) is 0.802. The molecule has 2 aliphatic heterocycles.